The average molecular weight is 198 g/mol. The molecule has 1 unspecified atom stereocenters. The van der Waals surface area contributed by atoms with Gasteiger partial charge >= 0.3 is 6.03 Å². The van der Waals surface area contributed by atoms with Crippen molar-refractivity contribution in [3.8, 4) is 0 Å². The summed E-state index contributed by atoms with van der Waals surface area (Å²) in [5.41, 5.74) is 0.265. The summed E-state index contributed by atoms with van der Waals surface area (Å²) in [7, 11) is 0. The van der Waals surface area contributed by atoms with Crippen molar-refractivity contribution in [1.82, 2.24) is 10.2 Å². The van der Waals surface area contributed by atoms with E-state index in [4.69, 9.17) is 0 Å². The standard InChI is InChI=1S/C11H22N2O/c1-8(2)13-7-9(11(3,4)5)6-12-10(13)14/h8-9H,6-7H2,1-5H3,(H,12,14). The van der Waals surface area contributed by atoms with E-state index < -0.39 is 0 Å². The van der Waals surface area contributed by atoms with Gasteiger partial charge in [-0.25, -0.2) is 4.79 Å². The zero-order chi connectivity index (χ0) is 10.9. The number of amides is 2. The van der Waals surface area contributed by atoms with Crippen LogP contribution in [0.15, 0.2) is 0 Å². The summed E-state index contributed by atoms with van der Waals surface area (Å²) in [6.45, 7) is 12.5. The second-order valence-electron chi connectivity index (χ2n) is 5.50. The first-order valence-electron chi connectivity index (χ1n) is 5.37. The first kappa shape index (κ1) is 11.3. The Morgan fingerprint density at radius 1 is 1.43 bits per heavy atom. The zero-order valence-electron chi connectivity index (χ0n) is 9.92. The fourth-order valence-corrected chi connectivity index (χ4v) is 1.72. The molecule has 0 radical (unpaired) electrons. The van der Waals surface area contributed by atoms with Crippen molar-refractivity contribution >= 4 is 6.03 Å². The van der Waals surface area contributed by atoms with Gasteiger partial charge in [0.1, 0.15) is 0 Å². The first-order valence-corrected chi connectivity index (χ1v) is 5.37. The van der Waals surface area contributed by atoms with Crippen LogP contribution in [0.3, 0.4) is 0 Å². The molecule has 0 aromatic heterocycles. The minimum atomic E-state index is 0.0838. The molecule has 0 aromatic rings. The number of carbonyl (C=O) groups is 1. The molecule has 3 nitrogen and oxygen atoms in total. The summed E-state index contributed by atoms with van der Waals surface area (Å²) in [6, 6.07) is 0.376. The van der Waals surface area contributed by atoms with Crippen molar-refractivity contribution in [2.24, 2.45) is 11.3 Å². The maximum atomic E-state index is 11.5. The van der Waals surface area contributed by atoms with Gasteiger partial charge in [-0.15, -0.1) is 0 Å². The fourth-order valence-electron chi connectivity index (χ4n) is 1.72. The Morgan fingerprint density at radius 3 is 2.43 bits per heavy atom. The molecule has 1 saturated heterocycles. The van der Waals surface area contributed by atoms with Gasteiger partial charge in [-0.2, -0.15) is 0 Å². The van der Waals surface area contributed by atoms with E-state index in [1.807, 2.05) is 4.90 Å². The number of hydrogen-bond acceptors (Lipinski definition) is 1. The van der Waals surface area contributed by atoms with E-state index in [1.54, 1.807) is 0 Å². The lowest BCUT2D eigenvalue weighted by atomic mass is 9.79. The lowest BCUT2D eigenvalue weighted by molar-refractivity contribution is 0.108. The van der Waals surface area contributed by atoms with Gasteiger partial charge in [0.2, 0.25) is 0 Å². The Bertz CT molecular complexity index is 218. The summed E-state index contributed by atoms with van der Waals surface area (Å²) in [6.07, 6.45) is 0. The van der Waals surface area contributed by atoms with Gasteiger partial charge in [-0.05, 0) is 25.2 Å². The monoisotopic (exact) mass is 198 g/mol. The molecule has 1 rings (SSSR count). The predicted octanol–water partition coefficient (Wildman–Crippen LogP) is 2.08. The average Bonchev–Trinajstić information content (AvgIpc) is 2.02. The van der Waals surface area contributed by atoms with Crippen molar-refractivity contribution in [3.63, 3.8) is 0 Å². The van der Waals surface area contributed by atoms with Crippen molar-refractivity contribution < 1.29 is 4.79 Å². The van der Waals surface area contributed by atoms with Crippen molar-refractivity contribution in [3.05, 3.63) is 0 Å². The summed E-state index contributed by atoms with van der Waals surface area (Å²) in [4.78, 5) is 13.4. The van der Waals surface area contributed by atoms with E-state index in [0.717, 1.165) is 13.1 Å². The van der Waals surface area contributed by atoms with Crippen LogP contribution >= 0.6 is 0 Å². The Morgan fingerprint density at radius 2 is 2.00 bits per heavy atom. The third-order valence-corrected chi connectivity index (χ3v) is 3.03. The number of nitrogens with one attached hydrogen (secondary N) is 1. The molecule has 0 aliphatic carbocycles. The van der Waals surface area contributed by atoms with Crippen LogP contribution < -0.4 is 5.32 Å². The van der Waals surface area contributed by atoms with Crippen LogP contribution in [-0.4, -0.2) is 30.1 Å². The molecule has 82 valence electrons. The maximum absolute atomic E-state index is 11.5. The highest BCUT2D eigenvalue weighted by molar-refractivity contribution is 5.75. The van der Waals surface area contributed by atoms with Gasteiger partial charge in [-0.1, -0.05) is 20.8 Å². The molecule has 1 N–H and O–H groups in total. The van der Waals surface area contributed by atoms with Crippen LogP contribution in [0.25, 0.3) is 0 Å². The van der Waals surface area contributed by atoms with Crippen molar-refractivity contribution in [2.45, 2.75) is 40.7 Å². The van der Waals surface area contributed by atoms with Gasteiger partial charge in [0, 0.05) is 19.1 Å². The molecule has 1 atom stereocenters. The quantitative estimate of drug-likeness (QED) is 0.687. The predicted molar refractivity (Wildman–Crippen MR) is 58.2 cm³/mol. The van der Waals surface area contributed by atoms with Crippen molar-refractivity contribution in [2.75, 3.05) is 13.1 Å². The molecule has 3 heteroatoms. The zero-order valence-corrected chi connectivity index (χ0v) is 9.92. The minimum Gasteiger partial charge on any atom is -0.338 e. The van der Waals surface area contributed by atoms with Crippen LogP contribution in [0.1, 0.15) is 34.6 Å². The Hall–Kier alpha value is -0.730. The molecule has 1 fully saturated rings. The Labute approximate surface area is 86.9 Å². The fraction of sp³-hybridized carbons (Fsp3) is 0.909. The normalized spacial score (nSPS) is 24.0. The lowest BCUT2D eigenvalue weighted by Gasteiger charge is -2.41. The van der Waals surface area contributed by atoms with E-state index in [1.165, 1.54) is 0 Å². The van der Waals surface area contributed by atoms with Gasteiger partial charge < -0.3 is 10.2 Å². The topological polar surface area (TPSA) is 32.3 Å². The van der Waals surface area contributed by atoms with Crippen LogP contribution in [0.2, 0.25) is 0 Å². The van der Waals surface area contributed by atoms with E-state index in [9.17, 15) is 4.79 Å². The van der Waals surface area contributed by atoms with Crippen LogP contribution in [0, 0.1) is 11.3 Å². The minimum absolute atomic E-state index is 0.0838. The van der Waals surface area contributed by atoms with E-state index in [2.05, 4.69) is 39.9 Å². The number of nitrogens with zero attached hydrogens (tertiary/aromatic N) is 1. The third-order valence-electron chi connectivity index (χ3n) is 3.03. The molecular formula is C11H22N2O. The summed E-state index contributed by atoms with van der Waals surface area (Å²) in [5, 5.41) is 2.96. The highest BCUT2D eigenvalue weighted by Crippen LogP contribution is 2.28. The lowest BCUT2D eigenvalue weighted by Crippen LogP contribution is -2.56. The Balaban J connectivity index is 2.67. The maximum Gasteiger partial charge on any atom is 0.317 e. The largest absolute Gasteiger partial charge is 0.338 e. The number of carbonyl (C=O) groups excluding carboxylic acids is 1. The molecule has 1 heterocycles. The third kappa shape index (κ3) is 2.40. The molecule has 0 bridgehead atoms. The van der Waals surface area contributed by atoms with Crippen LogP contribution in [0.5, 0.6) is 0 Å². The van der Waals surface area contributed by atoms with Crippen LogP contribution in [-0.2, 0) is 0 Å². The Kier molecular flexibility index (Phi) is 3.07. The SMILES string of the molecule is CC(C)N1CC(C(C)(C)C)CNC1=O. The molecular weight excluding hydrogens is 176 g/mol. The summed E-state index contributed by atoms with van der Waals surface area (Å²) >= 11 is 0. The first-order chi connectivity index (χ1) is 6.32. The van der Waals surface area contributed by atoms with Gasteiger partial charge in [0.15, 0.2) is 0 Å². The van der Waals surface area contributed by atoms with Gasteiger partial charge in [-0.3, -0.25) is 0 Å². The molecule has 14 heavy (non-hydrogen) atoms. The second-order valence-corrected chi connectivity index (χ2v) is 5.50. The molecule has 0 saturated carbocycles. The van der Waals surface area contributed by atoms with Gasteiger partial charge in [0.05, 0.1) is 0 Å². The number of urea groups is 1. The summed E-state index contributed by atoms with van der Waals surface area (Å²) in [5.74, 6) is 0.544. The van der Waals surface area contributed by atoms with E-state index in [0.29, 0.717) is 12.0 Å². The highest BCUT2D eigenvalue weighted by Gasteiger charge is 2.33. The smallest absolute Gasteiger partial charge is 0.317 e. The molecule has 1 aliphatic rings. The number of rotatable bonds is 1. The van der Waals surface area contributed by atoms with E-state index >= 15 is 0 Å². The number of hydrogen-bond donors (Lipinski definition) is 1. The summed E-state index contributed by atoms with van der Waals surface area (Å²) < 4.78 is 0. The van der Waals surface area contributed by atoms with Crippen molar-refractivity contribution in [1.29, 1.82) is 0 Å². The van der Waals surface area contributed by atoms with Gasteiger partial charge in [0.25, 0.3) is 0 Å². The molecule has 1 aliphatic heterocycles. The molecule has 0 spiro atoms. The molecule has 2 amide bonds. The highest BCUT2D eigenvalue weighted by atomic mass is 16.2. The molecule has 0 aromatic carbocycles. The van der Waals surface area contributed by atoms with E-state index in [-0.39, 0.29) is 11.4 Å². The second kappa shape index (κ2) is 3.79. The van der Waals surface area contributed by atoms with Crippen LogP contribution in [0.4, 0.5) is 4.79 Å².